The highest BCUT2D eigenvalue weighted by molar-refractivity contribution is 7.12. The Labute approximate surface area is 151 Å². The molecule has 8 heteroatoms. The summed E-state index contributed by atoms with van der Waals surface area (Å²) in [5, 5.41) is 7.51. The second-order valence-corrected chi connectivity index (χ2v) is 7.00. The minimum absolute atomic E-state index is 0.00190. The Balaban J connectivity index is 2.02. The smallest absolute Gasteiger partial charge is 0.262 e. The Morgan fingerprint density at radius 3 is 2.64 bits per heavy atom. The van der Waals surface area contributed by atoms with Crippen LogP contribution in [0.5, 0.6) is 0 Å². The number of hydrogen-bond acceptors (Lipinski definition) is 5. The number of piperidine rings is 1. The Bertz CT molecular complexity index is 583. The Morgan fingerprint density at radius 2 is 2.08 bits per heavy atom. The SMILES string of the molecule is COCCNC(=O)C(NC(=O)c1cccs1)C1CCN(C(C)=O)CC1. The van der Waals surface area contributed by atoms with E-state index in [1.807, 2.05) is 5.38 Å². The Morgan fingerprint density at radius 1 is 1.36 bits per heavy atom. The third-order valence-electron chi connectivity index (χ3n) is 4.38. The van der Waals surface area contributed by atoms with E-state index in [0.717, 1.165) is 0 Å². The first-order valence-electron chi connectivity index (χ1n) is 8.39. The van der Waals surface area contributed by atoms with Crippen molar-refractivity contribution >= 4 is 29.1 Å². The van der Waals surface area contributed by atoms with Gasteiger partial charge < -0.3 is 20.3 Å². The van der Waals surface area contributed by atoms with E-state index in [4.69, 9.17) is 4.74 Å². The molecular formula is C17H25N3O4S. The quantitative estimate of drug-likeness (QED) is 0.700. The number of ether oxygens (including phenoxy) is 1. The van der Waals surface area contributed by atoms with E-state index < -0.39 is 6.04 Å². The zero-order chi connectivity index (χ0) is 18.2. The highest BCUT2D eigenvalue weighted by Crippen LogP contribution is 2.22. The predicted octanol–water partition coefficient (Wildman–Crippen LogP) is 0.868. The van der Waals surface area contributed by atoms with Gasteiger partial charge in [0.1, 0.15) is 6.04 Å². The first kappa shape index (κ1) is 19.4. The van der Waals surface area contributed by atoms with E-state index in [1.54, 1.807) is 31.1 Å². The van der Waals surface area contributed by atoms with E-state index in [1.165, 1.54) is 11.3 Å². The standard InChI is InChI=1S/C17H25N3O4S/c1-12(21)20-8-5-13(6-9-20)15(17(23)18-7-10-24-2)19-16(22)14-4-3-11-25-14/h3-4,11,13,15H,5-10H2,1-2H3,(H,18,23)(H,19,22). The fourth-order valence-corrected chi connectivity index (χ4v) is 3.58. The molecule has 25 heavy (non-hydrogen) atoms. The number of likely N-dealkylation sites (tertiary alicyclic amines) is 1. The van der Waals surface area contributed by atoms with E-state index in [9.17, 15) is 14.4 Å². The minimum atomic E-state index is -0.611. The molecule has 138 valence electrons. The van der Waals surface area contributed by atoms with Crippen LogP contribution in [0.15, 0.2) is 17.5 Å². The van der Waals surface area contributed by atoms with Gasteiger partial charge in [-0.3, -0.25) is 14.4 Å². The molecule has 2 heterocycles. The van der Waals surface area contributed by atoms with E-state index in [2.05, 4.69) is 10.6 Å². The number of methoxy groups -OCH3 is 1. The summed E-state index contributed by atoms with van der Waals surface area (Å²) in [6.45, 7) is 3.58. The van der Waals surface area contributed by atoms with Crippen molar-refractivity contribution in [2.45, 2.75) is 25.8 Å². The number of carbonyl (C=O) groups excluding carboxylic acids is 3. The van der Waals surface area contributed by atoms with Gasteiger partial charge >= 0.3 is 0 Å². The lowest BCUT2D eigenvalue weighted by molar-refractivity contribution is -0.130. The van der Waals surface area contributed by atoms with Crippen molar-refractivity contribution in [3.63, 3.8) is 0 Å². The molecule has 1 saturated heterocycles. The second-order valence-electron chi connectivity index (χ2n) is 6.06. The zero-order valence-electron chi connectivity index (χ0n) is 14.6. The molecule has 0 aromatic carbocycles. The maximum Gasteiger partial charge on any atom is 0.262 e. The number of nitrogens with zero attached hydrogens (tertiary/aromatic N) is 1. The average molecular weight is 367 g/mol. The molecule has 0 spiro atoms. The molecule has 1 aliphatic heterocycles. The number of carbonyl (C=O) groups is 3. The van der Waals surface area contributed by atoms with Gasteiger partial charge in [0.05, 0.1) is 11.5 Å². The number of amides is 3. The van der Waals surface area contributed by atoms with Crippen LogP contribution >= 0.6 is 11.3 Å². The number of nitrogens with one attached hydrogen (secondary N) is 2. The fourth-order valence-electron chi connectivity index (χ4n) is 2.95. The van der Waals surface area contributed by atoms with Gasteiger partial charge in [0.2, 0.25) is 11.8 Å². The van der Waals surface area contributed by atoms with Gasteiger partial charge in [-0.15, -0.1) is 11.3 Å². The summed E-state index contributed by atoms with van der Waals surface area (Å²) in [6.07, 6.45) is 1.37. The third-order valence-corrected chi connectivity index (χ3v) is 5.24. The normalized spacial score (nSPS) is 16.3. The third kappa shape index (κ3) is 5.54. The largest absolute Gasteiger partial charge is 0.383 e. The van der Waals surface area contributed by atoms with Crippen molar-refractivity contribution in [3.8, 4) is 0 Å². The molecule has 7 nitrogen and oxygen atoms in total. The summed E-state index contributed by atoms with van der Waals surface area (Å²) >= 11 is 1.34. The molecule has 0 aliphatic carbocycles. The second kappa shape index (κ2) is 9.53. The Kier molecular flexibility index (Phi) is 7.39. The lowest BCUT2D eigenvalue weighted by Crippen LogP contribution is -2.54. The monoisotopic (exact) mass is 367 g/mol. The molecule has 3 amide bonds. The van der Waals surface area contributed by atoms with Gasteiger partial charge in [-0.05, 0) is 30.2 Å². The maximum absolute atomic E-state index is 12.6. The van der Waals surface area contributed by atoms with Crippen LogP contribution in [0.3, 0.4) is 0 Å². The van der Waals surface area contributed by atoms with Crippen molar-refractivity contribution in [1.82, 2.24) is 15.5 Å². The van der Waals surface area contributed by atoms with E-state index in [0.29, 0.717) is 44.0 Å². The van der Waals surface area contributed by atoms with Crippen molar-refractivity contribution < 1.29 is 19.1 Å². The van der Waals surface area contributed by atoms with E-state index >= 15 is 0 Å². The molecular weight excluding hydrogens is 342 g/mol. The molecule has 1 atom stereocenters. The molecule has 1 aromatic heterocycles. The van der Waals surface area contributed by atoms with Gasteiger partial charge in [-0.2, -0.15) is 0 Å². The van der Waals surface area contributed by atoms with Crippen molar-refractivity contribution in [2.75, 3.05) is 33.4 Å². The predicted molar refractivity (Wildman–Crippen MR) is 95.4 cm³/mol. The molecule has 1 unspecified atom stereocenters. The van der Waals surface area contributed by atoms with Crippen LogP contribution < -0.4 is 10.6 Å². The number of hydrogen-bond donors (Lipinski definition) is 2. The summed E-state index contributed by atoms with van der Waals surface area (Å²) in [5.41, 5.74) is 0. The van der Waals surface area contributed by atoms with Crippen LogP contribution in [0.25, 0.3) is 0 Å². The molecule has 2 rings (SSSR count). The molecule has 2 N–H and O–H groups in total. The highest BCUT2D eigenvalue weighted by Gasteiger charge is 2.33. The lowest BCUT2D eigenvalue weighted by Gasteiger charge is -2.35. The molecule has 0 saturated carbocycles. The lowest BCUT2D eigenvalue weighted by atomic mass is 9.88. The van der Waals surface area contributed by atoms with Gasteiger partial charge in [-0.25, -0.2) is 0 Å². The van der Waals surface area contributed by atoms with Gasteiger partial charge in [0.25, 0.3) is 5.91 Å². The number of thiophene rings is 1. The van der Waals surface area contributed by atoms with Crippen molar-refractivity contribution in [3.05, 3.63) is 22.4 Å². The van der Waals surface area contributed by atoms with Gasteiger partial charge in [0, 0.05) is 33.7 Å². The summed E-state index contributed by atoms with van der Waals surface area (Å²) in [4.78, 5) is 38.8. The molecule has 1 fully saturated rings. The fraction of sp³-hybridized carbons (Fsp3) is 0.588. The summed E-state index contributed by atoms with van der Waals surface area (Å²) in [7, 11) is 1.57. The molecule has 1 aliphatic rings. The van der Waals surface area contributed by atoms with Crippen LogP contribution in [0.4, 0.5) is 0 Å². The number of rotatable bonds is 7. The summed E-state index contributed by atoms with van der Waals surface area (Å²) in [6, 6.07) is 2.93. The summed E-state index contributed by atoms with van der Waals surface area (Å²) < 4.78 is 4.95. The van der Waals surface area contributed by atoms with Crippen molar-refractivity contribution in [2.24, 2.45) is 5.92 Å². The minimum Gasteiger partial charge on any atom is -0.383 e. The molecule has 0 radical (unpaired) electrons. The van der Waals surface area contributed by atoms with Crippen LogP contribution in [-0.2, 0) is 14.3 Å². The van der Waals surface area contributed by atoms with Crippen LogP contribution in [0.2, 0.25) is 0 Å². The van der Waals surface area contributed by atoms with Gasteiger partial charge in [-0.1, -0.05) is 6.07 Å². The van der Waals surface area contributed by atoms with E-state index in [-0.39, 0.29) is 23.6 Å². The maximum atomic E-state index is 12.6. The van der Waals surface area contributed by atoms with Gasteiger partial charge in [0.15, 0.2) is 0 Å². The average Bonchev–Trinajstić information content (AvgIpc) is 3.14. The first-order valence-corrected chi connectivity index (χ1v) is 9.27. The van der Waals surface area contributed by atoms with Crippen molar-refractivity contribution in [1.29, 1.82) is 0 Å². The van der Waals surface area contributed by atoms with Crippen LogP contribution in [0.1, 0.15) is 29.4 Å². The van der Waals surface area contributed by atoms with Crippen LogP contribution in [-0.4, -0.2) is 62.0 Å². The van der Waals surface area contributed by atoms with Crippen LogP contribution in [0, 0.1) is 5.92 Å². The first-order chi connectivity index (χ1) is 12.0. The summed E-state index contributed by atoms with van der Waals surface area (Å²) in [5.74, 6) is -0.400. The molecule has 1 aromatic rings. The highest BCUT2D eigenvalue weighted by atomic mass is 32.1. The topological polar surface area (TPSA) is 87.7 Å². The Hall–Kier alpha value is -1.93. The zero-order valence-corrected chi connectivity index (χ0v) is 15.4. The molecule has 0 bridgehead atoms.